The molecule has 0 spiro atoms. The van der Waals surface area contributed by atoms with E-state index in [-0.39, 0.29) is 5.91 Å². The third-order valence-corrected chi connectivity index (χ3v) is 4.25. The zero-order valence-electron chi connectivity index (χ0n) is 15.5. The minimum absolute atomic E-state index is 0.153. The number of carbonyl (C=O) groups is 1. The van der Waals surface area contributed by atoms with Crippen LogP contribution in [0.15, 0.2) is 4.99 Å². The molecule has 7 nitrogen and oxygen atoms in total. The zero-order valence-corrected chi connectivity index (χ0v) is 15.5. The normalized spacial score (nSPS) is 20.5. The summed E-state index contributed by atoms with van der Waals surface area (Å²) in [5.74, 6) is 1.54. The van der Waals surface area contributed by atoms with Crippen molar-refractivity contribution in [3.8, 4) is 0 Å². The summed E-state index contributed by atoms with van der Waals surface area (Å²) in [6, 6.07) is 0.443. The summed E-state index contributed by atoms with van der Waals surface area (Å²) in [6.07, 6.45) is 5.67. The van der Waals surface area contributed by atoms with Gasteiger partial charge in [-0.05, 0) is 39.0 Å². The molecule has 144 valence electrons. The molecule has 1 amide bonds. The van der Waals surface area contributed by atoms with Gasteiger partial charge in [0.2, 0.25) is 5.91 Å². The molecule has 1 atom stereocenters. The van der Waals surface area contributed by atoms with Crippen LogP contribution in [0.4, 0.5) is 0 Å². The summed E-state index contributed by atoms with van der Waals surface area (Å²) in [7, 11) is 0. The lowest BCUT2D eigenvalue weighted by Crippen LogP contribution is -2.38. The molecule has 1 heterocycles. The number of nitrogens with zero attached hydrogens (tertiary/aromatic N) is 1. The van der Waals surface area contributed by atoms with Gasteiger partial charge in [-0.2, -0.15) is 0 Å². The predicted octanol–water partition coefficient (Wildman–Crippen LogP) is 1.04. The third kappa shape index (κ3) is 9.65. The van der Waals surface area contributed by atoms with Crippen LogP contribution in [0.25, 0.3) is 0 Å². The van der Waals surface area contributed by atoms with E-state index >= 15 is 0 Å². The molecule has 3 N–H and O–H groups in total. The molecule has 1 saturated heterocycles. The Morgan fingerprint density at radius 1 is 1.24 bits per heavy atom. The van der Waals surface area contributed by atoms with Gasteiger partial charge in [0.25, 0.3) is 0 Å². The molecule has 1 aliphatic heterocycles. The number of guanidine groups is 1. The second-order valence-electron chi connectivity index (χ2n) is 6.79. The fourth-order valence-corrected chi connectivity index (χ4v) is 2.65. The second-order valence-corrected chi connectivity index (χ2v) is 6.79. The largest absolute Gasteiger partial charge is 0.381 e. The number of carbonyl (C=O) groups excluding carboxylic acids is 1. The van der Waals surface area contributed by atoms with Crippen molar-refractivity contribution in [2.75, 3.05) is 46.1 Å². The summed E-state index contributed by atoms with van der Waals surface area (Å²) >= 11 is 0. The fourth-order valence-electron chi connectivity index (χ4n) is 2.65. The quantitative estimate of drug-likeness (QED) is 0.277. The van der Waals surface area contributed by atoms with Crippen LogP contribution >= 0.6 is 0 Å². The number of amides is 1. The van der Waals surface area contributed by atoms with Crippen LogP contribution in [0.1, 0.15) is 45.4 Å². The highest BCUT2D eigenvalue weighted by molar-refractivity contribution is 5.79. The van der Waals surface area contributed by atoms with E-state index in [1.165, 1.54) is 0 Å². The Kier molecular flexibility index (Phi) is 9.66. The molecule has 2 aliphatic rings. The van der Waals surface area contributed by atoms with E-state index in [0.717, 1.165) is 77.6 Å². The number of rotatable bonds is 12. The molecule has 2 fully saturated rings. The summed E-state index contributed by atoms with van der Waals surface area (Å²) in [4.78, 5) is 16.1. The Balaban J connectivity index is 1.48. The van der Waals surface area contributed by atoms with Crippen molar-refractivity contribution in [2.24, 2.45) is 10.9 Å². The number of nitrogens with one attached hydrogen (secondary N) is 3. The van der Waals surface area contributed by atoms with E-state index in [4.69, 9.17) is 9.47 Å². The molecule has 1 unspecified atom stereocenters. The van der Waals surface area contributed by atoms with Gasteiger partial charge in [0.1, 0.15) is 0 Å². The van der Waals surface area contributed by atoms with E-state index in [0.29, 0.717) is 24.9 Å². The van der Waals surface area contributed by atoms with Crippen LogP contribution in [0.2, 0.25) is 0 Å². The fraction of sp³-hybridized carbons (Fsp3) is 0.889. The van der Waals surface area contributed by atoms with Crippen molar-refractivity contribution < 1.29 is 14.3 Å². The van der Waals surface area contributed by atoms with Crippen molar-refractivity contribution in [3.63, 3.8) is 0 Å². The maximum atomic E-state index is 11.6. The van der Waals surface area contributed by atoms with Gasteiger partial charge < -0.3 is 25.4 Å². The van der Waals surface area contributed by atoms with Crippen molar-refractivity contribution in [3.05, 3.63) is 0 Å². The summed E-state index contributed by atoms with van der Waals surface area (Å²) in [5.41, 5.74) is 0. The molecule has 0 bridgehead atoms. The minimum Gasteiger partial charge on any atom is -0.381 e. The highest BCUT2D eigenvalue weighted by Crippen LogP contribution is 2.18. The lowest BCUT2D eigenvalue weighted by atomic mass is 10.1. The average molecular weight is 354 g/mol. The first-order valence-electron chi connectivity index (χ1n) is 9.75. The Hall–Kier alpha value is -1.34. The van der Waals surface area contributed by atoms with Gasteiger partial charge in [-0.1, -0.05) is 0 Å². The van der Waals surface area contributed by atoms with Gasteiger partial charge in [0.15, 0.2) is 5.96 Å². The summed E-state index contributed by atoms with van der Waals surface area (Å²) < 4.78 is 11.0. The number of ether oxygens (including phenoxy) is 2. The standard InChI is InChI=1S/C18H34N4O3/c1-2-19-18(20-9-3-5-17(23)22-16-6-7-16)21-10-4-11-24-13-15-8-12-25-14-15/h15-16H,2-14H2,1H3,(H,22,23)(H2,19,20,21). The van der Waals surface area contributed by atoms with Crippen LogP contribution in [0, 0.1) is 5.92 Å². The molecular formula is C18H34N4O3. The monoisotopic (exact) mass is 354 g/mol. The first kappa shape index (κ1) is 20.0. The Morgan fingerprint density at radius 2 is 2.12 bits per heavy atom. The van der Waals surface area contributed by atoms with Gasteiger partial charge in [-0.25, -0.2) is 0 Å². The smallest absolute Gasteiger partial charge is 0.220 e. The molecule has 0 aromatic heterocycles. The van der Waals surface area contributed by atoms with Crippen LogP contribution < -0.4 is 16.0 Å². The minimum atomic E-state index is 0.153. The maximum Gasteiger partial charge on any atom is 0.220 e. The number of hydrogen-bond donors (Lipinski definition) is 3. The van der Waals surface area contributed by atoms with Gasteiger partial charge in [-0.15, -0.1) is 0 Å². The summed E-state index contributed by atoms with van der Waals surface area (Å²) in [5, 5.41) is 9.54. The first-order valence-corrected chi connectivity index (χ1v) is 9.75. The zero-order chi connectivity index (χ0) is 17.7. The highest BCUT2D eigenvalue weighted by Gasteiger charge is 2.22. The van der Waals surface area contributed by atoms with E-state index in [2.05, 4.69) is 20.9 Å². The van der Waals surface area contributed by atoms with Crippen LogP contribution in [-0.4, -0.2) is 64.0 Å². The van der Waals surface area contributed by atoms with E-state index in [1.54, 1.807) is 0 Å². The Morgan fingerprint density at radius 3 is 2.84 bits per heavy atom. The van der Waals surface area contributed by atoms with Gasteiger partial charge in [-0.3, -0.25) is 9.79 Å². The second kappa shape index (κ2) is 12.1. The Bertz CT molecular complexity index is 407. The van der Waals surface area contributed by atoms with Crippen molar-refractivity contribution in [2.45, 2.75) is 51.5 Å². The predicted molar refractivity (Wildman–Crippen MR) is 98.7 cm³/mol. The number of hydrogen-bond acceptors (Lipinski definition) is 4. The first-order chi connectivity index (χ1) is 12.3. The maximum absolute atomic E-state index is 11.6. The van der Waals surface area contributed by atoms with Crippen molar-refractivity contribution >= 4 is 11.9 Å². The third-order valence-electron chi connectivity index (χ3n) is 4.25. The van der Waals surface area contributed by atoms with Crippen LogP contribution in [-0.2, 0) is 14.3 Å². The molecule has 25 heavy (non-hydrogen) atoms. The van der Waals surface area contributed by atoms with E-state index in [1.807, 2.05) is 6.92 Å². The Labute approximate surface area is 151 Å². The van der Waals surface area contributed by atoms with Gasteiger partial charge in [0.05, 0.1) is 13.2 Å². The van der Waals surface area contributed by atoms with Gasteiger partial charge in [0, 0.05) is 51.2 Å². The molecule has 0 radical (unpaired) electrons. The number of aliphatic imine (C=N–C) groups is 1. The van der Waals surface area contributed by atoms with Crippen LogP contribution in [0.3, 0.4) is 0 Å². The average Bonchev–Trinajstić information content (AvgIpc) is 3.25. The molecule has 1 saturated carbocycles. The van der Waals surface area contributed by atoms with Crippen molar-refractivity contribution in [1.29, 1.82) is 0 Å². The van der Waals surface area contributed by atoms with Crippen molar-refractivity contribution in [1.82, 2.24) is 16.0 Å². The van der Waals surface area contributed by atoms with Crippen LogP contribution in [0.5, 0.6) is 0 Å². The lowest BCUT2D eigenvalue weighted by Gasteiger charge is -2.12. The van der Waals surface area contributed by atoms with Gasteiger partial charge >= 0.3 is 0 Å². The van der Waals surface area contributed by atoms with E-state index < -0.39 is 0 Å². The molecule has 0 aromatic carbocycles. The topological polar surface area (TPSA) is 84.0 Å². The molecule has 7 heteroatoms. The van der Waals surface area contributed by atoms with E-state index in [9.17, 15) is 4.79 Å². The lowest BCUT2D eigenvalue weighted by molar-refractivity contribution is -0.121. The SMILES string of the molecule is CCNC(=NCCCC(=O)NC1CC1)NCCCOCC1CCOC1. The molecule has 2 rings (SSSR count). The molecule has 1 aliphatic carbocycles. The highest BCUT2D eigenvalue weighted by atomic mass is 16.5. The molecule has 0 aromatic rings. The molecular weight excluding hydrogens is 320 g/mol. The summed E-state index contributed by atoms with van der Waals surface area (Å²) in [6.45, 7) is 7.63.